The monoisotopic (exact) mass is 371 g/mol. The van der Waals surface area contributed by atoms with Crippen LogP contribution in [0.1, 0.15) is 43.9 Å². The van der Waals surface area contributed by atoms with Crippen LogP contribution in [0.25, 0.3) is 20.5 Å². The quantitative estimate of drug-likeness (QED) is 0.653. The number of pyridine rings is 1. The third-order valence-electron chi connectivity index (χ3n) is 5.15. The van der Waals surface area contributed by atoms with Gasteiger partial charge in [-0.1, -0.05) is 0 Å². The Kier molecular flexibility index (Phi) is 3.71. The molecule has 2 unspecified atom stereocenters. The van der Waals surface area contributed by atoms with Gasteiger partial charge in [0.2, 0.25) is 0 Å². The summed E-state index contributed by atoms with van der Waals surface area (Å²) in [5.74, 6) is -0.960. The number of carbonyl (C=O) groups excluding carboxylic acids is 2. The van der Waals surface area contributed by atoms with Gasteiger partial charge in [-0.2, -0.15) is 5.10 Å². The number of fused-ring (bicyclic) bond motifs is 3. The first-order valence-electron chi connectivity index (χ1n) is 8.26. The maximum Gasteiger partial charge on any atom is 0.266 e. The molecule has 1 aliphatic rings. The zero-order valence-corrected chi connectivity index (χ0v) is 15.1. The number of hydrogen-bond donors (Lipinski definition) is 3. The average Bonchev–Trinajstić information content (AvgIpc) is 3.25. The SMILES string of the molecule is CC(=O)C1CCC(O)(C(C)=O)c2[nH]c(=O)c3sc(-c4cn[nH]c4)cc3c21. The van der Waals surface area contributed by atoms with Crippen molar-refractivity contribution in [3.05, 3.63) is 40.1 Å². The molecule has 8 heteroatoms. The highest BCUT2D eigenvalue weighted by Gasteiger charge is 2.45. The minimum absolute atomic E-state index is 0.0544. The van der Waals surface area contributed by atoms with Crippen LogP contribution >= 0.6 is 11.3 Å². The van der Waals surface area contributed by atoms with Crippen molar-refractivity contribution >= 4 is 33.0 Å². The Hall–Kier alpha value is -2.58. The Bertz CT molecular complexity index is 1100. The third-order valence-corrected chi connectivity index (χ3v) is 6.33. The summed E-state index contributed by atoms with van der Waals surface area (Å²) in [6.07, 6.45) is 3.84. The van der Waals surface area contributed by atoms with Gasteiger partial charge in [-0.05, 0) is 38.3 Å². The van der Waals surface area contributed by atoms with E-state index in [1.54, 1.807) is 12.4 Å². The fourth-order valence-electron chi connectivity index (χ4n) is 3.73. The number of Topliss-reactive ketones (excluding diaryl/α,β-unsaturated/α-hetero) is 2. The fourth-order valence-corrected chi connectivity index (χ4v) is 4.78. The largest absolute Gasteiger partial charge is 0.376 e. The predicted molar refractivity (Wildman–Crippen MR) is 97.3 cm³/mol. The van der Waals surface area contributed by atoms with Gasteiger partial charge in [-0.3, -0.25) is 19.5 Å². The lowest BCUT2D eigenvalue weighted by atomic mass is 9.73. The average molecular weight is 371 g/mol. The van der Waals surface area contributed by atoms with Crippen LogP contribution in [0.4, 0.5) is 0 Å². The standard InChI is InChI=1S/C18H17N3O4S/c1-8(22)11-3-4-18(25,9(2)23)16-14(11)12-5-13(10-6-19-20-7-10)26-15(12)17(24)21-16/h5-7,11,25H,3-4H2,1-2H3,(H,19,20)(H,21,24). The number of hydrogen-bond acceptors (Lipinski definition) is 6. The van der Waals surface area contributed by atoms with Crippen molar-refractivity contribution in [3.8, 4) is 10.4 Å². The van der Waals surface area contributed by atoms with Crippen LogP contribution in [-0.2, 0) is 15.2 Å². The number of thiophene rings is 1. The molecule has 3 aromatic heterocycles. The number of aromatic amines is 2. The van der Waals surface area contributed by atoms with E-state index < -0.39 is 17.3 Å². The molecule has 0 amide bonds. The minimum Gasteiger partial charge on any atom is -0.376 e. The molecule has 0 saturated heterocycles. The number of carbonyl (C=O) groups is 2. The van der Waals surface area contributed by atoms with Gasteiger partial charge >= 0.3 is 0 Å². The van der Waals surface area contributed by atoms with E-state index in [0.29, 0.717) is 22.1 Å². The minimum atomic E-state index is -1.77. The van der Waals surface area contributed by atoms with Gasteiger partial charge in [-0.15, -0.1) is 11.3 Å². The highest BCUT2D eigenvalue weighted by molar-refractivity contribution is 7.22. The molecular formula is C18H17N3O4S. The van der Waals surface area contributed by atoms with Crippen LogP contribution in [0.2, 0.25) is 0 Å². The second-order valence-electron chi connectivity index (χ2n) is 6.70. The number of aliphatic hydroxyl groups is 1. The topological polar surface area (TPSA) is 116 Å². The lowest BCUT2D eigenvalue weighted by Crippen LogP contribution is -2.42. The Morgan fingerprint density at radius 2 is 2.15 bits per heavy atom. The summed E-state index contributed by atoms with van der Waals surface area (Å²) in [6, 6.07) is 1.83. The summed E-state index contributed by atoms with van der Waals surface area (Å²) < 4.78 is 0.471. The van der Waals surface area contributed by atoms with Crippen molar-refractivity contribution < 1.29 is 14.7 Å². The van der Waals surface area contributed by atoms with Crippen molar-refractivity contribution in [2.45, 2.75) is 38.2 Å². The first kappa shape index (κ1) is 16.9. The number of H-pyrrole nitrogens is 2. The highest BCUT2D eigenvalue weighted by Crippen LogP contribution is 2.45. The summed E-state index contributed by atoms with van der Waals surface area (Å²) in [6.45, 7) is 2.79. The first-order chi connectivity index (χ1) is 12.3. The molecule has 0 spiro atoms. The van der Waals surface area contributed by atoms with Gasteiger partial charge in [-0.25, -0.2) is 0 Å². The van der Waals surface area contributed by atoms with Crippen molar-refractivity contribution in [2.75, 3.05) is 0 Å². The zero-order chi connectivity index (χ0) is 18.6. The highest BCUT2D eigenvalue weighted by atomic mass is 32.1. The number of aromatic nitrogens is 3. The number of rotatable bonds is 3. The lowest BCUT2D eigenvalue weighted by Gasteiger charge is -2.35. The molecule has 0 fully saturated rings. The third kappa shape index (κ3) is 2.29. The molecule has 2 atom stereocenters. The summed E-state index contributed by atoms with van der Waals surface area (Å²) in [7, 11) is 0. The van der Waals surface area contributed by atoms with E-state index in [2.05, 4.69) is 15.2 Å². The molecule has 3 heterocycles. The second-order valence-corrected chi connectivity index (χ2v) is 7.75. The molecule has 0 aliphatic heterocycles. The predicted octanol–water partition coefficient (Wildman–Crippen LogP) is 2.22. The number of nitrogens with zero attached hydrogens (tertiary/aromatic N) is 1. The van der Waals surface area contributed by atoms with Crippen LogP contribution in [0.15, 0.2) is 23.3 Å². The van der Waals surface area contributed by atoms with Gasteiger partial charge in [0.05, 0.1) is 11.9 Å². The Balaban J connectivity index is 2.08. The second kappa shape index (κ2) is 5.72. The Morgan fingerprint density at radius 3 is 2.77 bits per heavy atom. The van der Waals surface area contributed by atoms with Crippen molar-refractivity contribution in [1.82, 2.24) is 15.2 Å². The molecule has 7 nitrogen and oxygen atoms in total. The lowest BCUT2D eigenvalue weighted by molar-refractivity contribution is -0.139. The molecular weight excluding hydrogens is 354 g/mol. The molecule has 0 saturated carbocycles. The molecule has 4 rings (SSSR count). The fraction of sp³-hybridized carbons (Fsp3) is 0.333. The van der Waals surface area contributed by atoms with E-state index in [9.17, 15) is 19.5 Å². The van der Waals surface area contributed by atoms with E-state index in [-0.39, 0.29) is 23.5 Å². The van der Waals surface area contributed by atoms with Crippen LogP contribution in [0, 0.1) is 0 Å². The normalized spacial score (nSPS) is 22.3. The molecule has 0 aromatic carbocycles. The van der Waals surface area contributed by atoms with E-state index in [1.165, 1.54) is 25.2 Å². The summed E-state index contributed by atoms with van der Waals surface area (Å²) in [4.78, 5) is 40.5. The van der Waals surface area contributed by atoms with Crippen LogP contribution in [0.3, 0.4) is 0 Å². The van der Waals surface area contributed by atoms with E-state index in [0.717, 1.165) is 10.4 Å². The van der Waals surface area contributed by atoms with E-state index >= 15 is 0 Å². The molecule has 1 aliphatic carbocycles. The van der Waals surface area contributed by atoms with Gasteiger partial charge in [0.25, 0.3) is 5.56 Å². The van der Waals surface area contributed by atoms with E-state index in [1.807, 2.05) is 6.07 Å². The summed E-state index contributed by atoms with van der Waals surface area (Å²) in [5.41, 5.74) is -0.599. The molecule has 134 valence electrons. The van der Waals surface area contributed by atoms with Crippen molar-refractivity contribution in [3.63, 3.8) is 0 Å². The van der Waals surface area contributed by atoms with Crippen LogP contribution < -0.4 is 5.56 Å². The first-order valence-corrected chi connectivity index (χ1v) is 9.08. The number of ketones is 2. The van der Waals surface area contributed by atoms with Gasteiger partial charge < -0.3 is 10.1 Å². The summed E-state index contributed by atoms with van der Waals surface area (Å²) >= 11 is 1.30. The maximum absolute atomic E-state index is 12.6. The Morgan fingerprint density at radius 1 is 1.38 bits per heavy atom. The van der Waals surface area contributed by atoms with Gasteiger partial charge in [0.15, 0.2) is 11.4 Å². The smallest absolute Gasteiger partial charge is 0.266 e. The van der Waals surface area contributed by atoms with Gasteiger partial charge in [0, 0.05) is 27.9 Å². The zero-order valence-electron chi connectivity index (χ0n) is 14.3. The molecule has 0 radical (unpaired) electrons. The van der Waals surface area contributed by atoms with Crippen molar-refractivity contribution in [2.24, 2.45) is 0 Å². The molecule has 0 bridgehead atoms. The molecule has 3 aromatic rings. The van der Waals surface area contributed by atoms with Crippen LogP contribution in [-0.4, -0.2) is 31.9 Å². The van der Waals surface area contributed by atoms with E-state index in [4.69, 9.17) is 0 Å². The Labute approximate surface area is 152 Å². The molecule has 26 heavy (non-hydrogen) atoms. The molecule has 3 N–H and O–H groups in total. The van der Waals surface area contributed by atoms with Crippen LogP contribution in [0.5, 0.6) is 0 Å². The van der Waals surface area contributed by atoms with Crippen molar-refractivity contribution in [1.29, 1.82) is 0 Å². The van der Waals surface area contributed by atoms with Gasteiger partial charge in [0.1, 0.15) is 10.5 Å². The number of nitrogens with one attached hydrogen (secondary N) is 2. The summed E-state index contributed by atoms with van der Waals surface area (Å²) in [5, 5.41) is 18.2. The maximum atomic E-state index is 12.6.